The van der Waals surface area contributed by atoms with Crippen LogP contribution in [-0.4, -0.2) is 30.5 Å². The Balaban J connectivity index is 1.73. The Bertz CT molecular complexity index is 716. The van der Waals surface area contributed by atoms with Crippen molar-refractivity contribution in [2.24, 2.45) is 0 Å². The van der Waals surface area contributed by atoms with E-state index in [9.17, 15) is 0 Å². The zero-order chi connectivity index (χ0) is 19.9. The highest BCUT2D eigenvalue weighted by molar-refractivity contribution is 8.11. The predicted octanol–water partition coefficient (Wildman–Crippen LogP) is 5.73. The van der Waals surface area contributed by atoms with Crippen molar-refractivity contribution in [1.82, 2.24) is 9.80 Å². The summed E-state index contributed by atoms with van der Waals surface area (Å²) in [5.41, 5.74) is 2.51. The van der Waals surface area contributed by atoms with Crippen molar-refractivity contribution in [3.05, 3.63) is 71.8 Å². The second kappa shape index (κ2) is 10.6. The predicted molar refractivity (Wildman–Crippen MR) is 133 cm³/mol. The Morgan fingerprint density at radius 2 is 1.14 bits per heavy atom. The highest BCUT2D eigenvalue weighted by atomic mass is 32.1. The number of rotatable bonds is 6. The van der Waals surface area contributed by atoms with Crippen LogP contribution in [0, 0.1) is 0 Å². The second-order valence-electron chi connectivity index (χ2n) is 7.27. The highest BCUT2D eigenvalue weighted by Crippen LogP contribution is 2.30. The first-order valence-electron chi connectivity index (χ1n) is 9.61. The van der Waals surface area contributed by atoms with Crippen LogP contribution in [0.25, 0.3) is 0 Å². The van der Waals surface area contributed by atoms with E-state index in [2.05, 4.69) is 83.6 Å². The van der Waals surface area contributed by atoms with Crippen molar-refractivity contribution in [2.75, 3.05) is 0 Å². The SMILES string of the molecule is S=C(S)N(Cc1ccccc1)C1CCCC(N(Cc2ccccc2)C(=S)S)C1. The molecule has 0 bridgehead atoms. The van der Waals surface area contributed by atoms with Gasteiger partial charge in [0.1, 0.15) is 8.64 Å². The van der Waals surface area contributed by atoms with E-state index >= 15 is 0 Å². The van der Waals surface area contributed by atoms with Crippen molar-refractivity contribution < 1.29 is 0 Å². The minimum atomic E-state index is 0.366. The fraction of sp³-hybridized carbons (Fsp3) is 0.364. The molecule has 0 N–H and O–H groups in total. The third-order valence-corrected chi connectivity index (χ3v) is 6.37. The lowest BCUT2D eigenvalue weighted by atomic mass is 9.89. The topological polar surface area (TPSA) is 6.48 Å². The molecule has 0 spiro atoms. The summed E-state index contributed by atoms with van der Waals surface area (Å²) in [4.78, 5) is 4.53. The Kier molecular flexibility index (Phi) is 8.21. The maximum Gasteiger partial charge on any atom is 0.133 e. The first kappa shape index (κ1) is 21.6. The van der Waals surface area contributed by atoms with Crippen LogP contribution in [0.3, 0.4) is 0 Å². The maximum absolute atomic E-state index is 5.49. The molecule has 1 aliphatic rings. The minimum Gasteiger partial charge on any atom is -0.350 e. The Morgan fingerprint density at radius 3 is 1.50 bits per heavy atom. The van der Waals surface area contributed by atoms with Gasteiger partial charge >= 0.3 is 0 Å². The van der Waals surface area contributed by atoms with Crippen molar-refractivity contribution in [3.8, 4) is 0 Å². The van der Waals surface area contributed by atoms with Gasteiger partial charge < -0.3 is 9.80 Å². The first-order valence-corrected chi connectivity index (χ1v) is 11.3. The molecule has 0 aromatic heterocycles. The van der Waals surface area contributed by atoms with Crippen LogP contribution in [-0.2, 0) is 13.1 Å². The van der Waals surface area contributed by atoms with E-state index < -0.39 is 0 Å². The van der Waals surface area contributed by atoms with Gasteiger partial charge in [-0.15, -0.1) is 25.3 Å². The van der Waals surface area contributed by atoms with Crippen LogP contribution < -0.4 is 0 Å². The van der Waals surface area contributed by atoms with Crippen molar-refractivity contribution in [3.63, 3.8) is 0 Å². The molecule has 1 saturated carbocycles. The molecule has 0 amide bonds. The molecule has 6 heteroatoms. The number of benzene rings is 2. The summed E-state index contributed by atoms with van der Waals surface area (Å²) in [7, 11) is 0. The van der Waals surface area contributed by atoms with Crippen LogP contribution in [0.5, 0.6) is 0 Å². The third kappa shape index (κ3) is 5.96. The number of thiocarbonyl (C=S) groups is 2. The van der Waals surface area contributed by atoms with Crippen molar-refractivity contribution in [2.45, 2.75) is 50.9 Å². The largest absolute Gasteiger partial charge is 0.350 e. The molecule has 0 saturated heterocycles. The molecule has 3 rings (SSSR count). The van der Waals surface area contributed by atoms with E-state index in [1.165, 1.54) is 11.1 Å². The lowest BCUT2D eigenvalue weighted by Gasteiger charge is -2.42. The summed E-state index contributed by atoms with van der Waals surface area (Å²) in [6.45, 7) is 1.59. The molecular weight excluding hydrogens is 421 g/mol. The van der Waals surface area contributed by atoms with Gasteiger partial charge in [-0.2, -0.15) is 0 Å². The summed E-state index contributed by atoms with van der Waals surface area (Å²) in [5.74, 6) is 0. The van der Waals surface area contributed by atoms with E-state index in [0.717, 1.165) is 38.8 Å². The van der Waals surface area contributed by atoms with Crippen LogP contribution in [0.4, 0.5) is 0 Å². The third-order valence-electron chi connectivity index (χ3n) is 5.38. The van der Waals surface area contributed by atoms with Crippen LogP contribution in [0.1, 0.15) is 36.8 Å². The van der Waals surface area contributed by atoms with Gasteiger partial charge in [0.25, 0.3) is 0 Å². The molecule has 148 valence electrons. The van der Waals surface area contributed by atoms with Gasteiger partial charge in [0, 0.05) is 25.2 Å². The summed E-state index contributed by atoms with van der Waals surface area (Å²) in [5, 5.41) is 0. The lowest BCUT2D eigenvalue weighted by Crippen LogP contribution is -2.47. The zero-order valence-electron chi connectivity index (χ0n) is 15.8. The summed E-state index contributed by atoms with van der Waals surface area (Å²) < 4.78 is 1.33. The average molecular weight is 447 g/mol. The summed E-state index contributed by atoms with van der Waals surface area (Å²) in [6, 6.07) is 21.7. The van der Waals surface area contributed by atoms with Gasteiger partial charge in [0.15, 0.2) is 0 Å². The van der Waals surface area contributed by atoms with Crippen LogP contribution in [0.2, 0.25) is 0 Å². The molecule has 2 atom stereocenters. The number of thiol groups is 2. The molecule has 2 aromatic carbocycles. The quantitative estimate of drug-likeness (QED) is 0.432. The van der Waals surface area contributed by atoms with Crippen LogP contribution >= 0.6 is 49.7 Å². The highest BCUT2D eigenvalue weighted by Gasteiger charge is 2.31. The van der Waals surface area contributed by atoms with E-state index in [0.29, 0.717) is 20.7 Å². The van der Waals surface area contributed by atoms with E-state index in [4.69, 9.17) is 24.4 Å². The number of nitrogens with zero attached hydrogens (tertiary/aromatic N) is 2. The van der Waals surface area contributed by atoms with Gasteiger partial charge in [0.2, 0.25) is 0 Å². The monoisotopic (exact) mass is 446 g/mol. The maximum atomic E-state index is 5.49. The first-order chi connectivity index (χ1) is 13.5. The molecule has 0 radical (unpaired) electrons. The average Bonchev–Trinajstić information content (AvgIpc) is 2.71. The Labute approximate surface area is 190 Å². The Morgan fingerprint density at radius 1 is 0.750 bits per heavy atom. The zero-order valence-corrected chi connectivity index (χ0v) is 19.2. The fourth-order valence-corrected chi connectivity index (χ4v) is 4.87. The van der Waals surface area contributed by atoms with Crippen molar-refractivity contribution in [1.29, 1.82) is 0 Å². The summed E-state index contributed by atoms with van der Waals surface area (Å²) >= 11 is 20.1. The molecular formula is C22H26N2S4. The molecule has 2 nitrogen and oxygen atoms in total. The minimum absolute atomic E-state index is 0.366. The van der Waals surface area contributed by atoms with Gasteiger partial charge in [-0.3, -0.25) is 0 Å². The fourth-order valence-electron chi connectivity index (χ4n) is 3.97. The lowest BCUT2D eigenvalue weighted by molar-refractivity contribution is 0.162. The van der Waals surface area contributed by atoms with E-state index in [1.54, 1.807) is 0 Å². The number of hydrogen-bond acceptors (Lipinski definition) is 2. The molecule has 2 unspecified atom stereocenters. The summed E-state index contributed by atoms with van der Waals surface area (Å²) in [6.07, 6.45) is 4.42. The molecule has 28 heavy (non-hydrogen) atoms. The molecule has 0 heterocycles. The van der Waals surface area contributed by atoms with Gasteiger partial charge in [-0.25, -0.2) is 0 Å². The number of hydrogen-bond donors (Lipinski definition) is 2. The van der Waals surface area contributed by atoms with Crippen molar-refractivity contribution >= 4 is 58.3 Å². The van der Waals surface area contributed by atoms with E-state index in [1.807, 2.05) is 12.1 Å². The van der Waals surface area contributed by atoms with Gasteiger partial charge in [-0.1, -0.05) is 85.1 Å². The normalized spacial score (nSPS) is 19.1. The van der Waals surface area contributed by atoms with Gasteiger partial charge in [-0.05, 0) is 36.8 Å². The van der Waals surface area contributed by atoms with E-state index in [-0.39, 0.29) is 0 Å². The smallest absolute Gasteiger partial charge is 0.133 e. The second-order valence-corrected chi connectivity index (χ2v) is 9.49. The molecule has 2 aromatic rings. The van der Waals surface area contributed by atoms with Gasteiger partial charge in [0.05, 0.1) is 0 Å². The standard InChI is InChI=1S/C22H26N2S4/c25-21(26)23(15-17-8-3-1-4-9-17)19-12-7-13-20(14-19)24(22(27)28)16-18-10-5-2-6-11-18/h1-6,8-11,19-20H,7,12-16H2,(H,25,26)(H,27,28). The van der Waals surface area contributed by atoms with Crippen LogP contribution in [0.15, 0.2) is 60.7 Å². The molecule has 1 aliphatic carbocycles. The molecule has 0 aliphatic heterocycles. The molecule has 1 fully saturated rings. The Hall–Kier alpha value is -1.08.